The standard InChI is InChI=1S/C17H20N4OS/c1-12-8-9-18-16(19-12)13-4-6-14(7-5-13)20-17(22)21-15-3-2-10-23-11-15/h4-9,15H,2-3,10-11H2,1H3,(H2,20,21,22). The summed E-state index contributed by atoms with van der Waals surface area (Å²) < 4.78 is 0. The van der Waals surface area contributed by atoms with Crippen molar-refractivity contribution in [3.8, 4) is 11.4 Å². The van der Waals surface area contributed by atoms with Crippen LogP contribution in [0.4, 0.5) is 10.5 Å². The number of thioether (sulfide) groups is 1. The lowest BCUT2D eigenvalue weighted by molar-refractivity contribution is 0.248. The van der Waals surface area contributed by atoms with Gasteiger partial charge in [-0.15, -0.1) is 0 Å². The van der Waals surface area contributed by atoms with E-state index in [0.29, 0.717) is 5.82 Å². The number of nitrogens with zero attached hydrogens (tertiary/aromatic N) is 2. The number of anilines is 1. The van der Waals surface area contributed by atoms with Crippen LogP contribution in [0.25, 0.3) is 11.4 Å². The maximum atomic E-state index is 12.0. The van der Waals surface area contributed by atoms with Gasteiger partial charge in [-0.3, -0.25) is 0 Å². The van der Waals surface area contributed by atoms with Crippen LogP contribution in [0.5, 0.6) is 0 Å². The van der Waals surface area contributed by atoms with Gasteiger partial charge in [0.2, 0.25) is 0 Å². The summed E-state index contributed by atoms with van der Waals surface area (Å²) in [4.78, 5) is 20.7. The summed E-state index contributed by atoms with van der Waals surface area (Å²) in [5, 5.41) is 5.90. The zero-order chi connectivity index (χ0) is 16.1. The smallest absolute Gasteiger partial charge is 0.319 e. The highest BCUT2D eigenvalue weighted by Crippen LogP contribution is 2.19. The minimum atomic E-state index is -0.142. The van der Waals surface area contributed by atoms with Gasteiger partial charge in [-0.2, -0.15) is 11.8 Å². The summed E-state index contributed by atoms with van der Waals surface area (Å²) in [6.45, 7) is 1.94. The van der Waals surface area contributed by atoms with Crippen LogP contribution in [-0.4, -0.2) is 33.5 Å². The molecule has 0 spiro atoms. The first-order valence-electron chi connectivity index (χ1n) is 7.76. The number of hydrogen-bond acceptors (Lipinski definition) is 4. The van der Waals surface area contributed by atoms with Crippen LogP contribution < -0.4 is 10.6 Å². The fourth-order valence-corrected chi connectivity index (χ4v) is 3.57. The van der Waals surface area contributed by atoms with Gasteiger partial charge in [-0.05, 0) is 55.9 Å². The number of nitrogens with one attached hydrogen (secondary N) is 2. The normalized spacial score (nSPS) is 17.5. The Balaban J connectivity index is 1.59. The molecule has 0 bridgehead atoms. The number of aryl methyl sites for hydroxylation is 1. The molecular weight excluding hydrogens is 308 g/mol. The lowest BCUT2D eigenvalue weighted by Crippen LogP contribution is -2.40. The second kappa shape index (κ2) is 7.46. The molecule has 1 atom stereocenters. The lowest BCUT2D eigenvalue weighted by atomic mass is 10.2. The van der Waals surface area contributed by atoms with E-state index in [-0.39, 0.29) is 12.1 Å². The van der Waals surface area contributed by atoms with Crippen molar-refractivity contribution < 1.29 is 4.79 Å². The number of aromatic nitrogens is 2. The molecule has 1 unspecified atom stereocenters. The van der Waals surface area contributed by atoms with E-state index < -0.39 is 0 Å². The zero-order valence-corrected chi connectivity index (χ0v) is 13.9. The molecule has 23 heavy (non-hydrogen) atoms. The van der Waals surface area contributed by atoms with Crippen molar-refractivity contribution in [2.45, 2.75) is 25.8 Å². The van der Waals surface area contributed by atoms with E-state index in [1.54, 1.807) is 6.20 Å². The van der Waals surface area contributed by atoms with Crippen molar-refractivity contribution in [2.75, 3.05) is 16.8 Å². The van der Waals surface area contributed by atoms with E-state index in [1.165, 1.54) is 12.2 Å². The van der Waals surface area contributed by atoms with Gasteiger partial charge in [0.1, 0.15) is 0 Å². The molecule has 1 aromatic heterocycles. The number of carbonyl (C=O) groups excluding carboxylic acids is 1. The summed E-state index contributed by atoms with van der Waals surface area (Å²) in [6.07, 6.45) is 3.98. The molecule has 6 heteroatoms. The van der Waals surface area contributed by atoms with Gasteiger partial charge >= 0.3 is 6.03 Å². The molecule has 0 aliphatic carbocycles. The van der Waals surface area contributed by atoms with Crippen molar-refractivity contribution >= 4 is 23.5 Å². The Hall–Kier alpha value is -2.08. The van der Waals surface area contributed by atoms with Crippen LogP contribution in [0.2, 0.25) is 0 Å². The van der Waals surface area contributed by atoms with Crippen LogP contribution in [0.15, 0.2) is 36.5 Å². The van der Waals surface area contributed by atoms with Gasteiger partial charge in [0, 0.05) is 34.9 Å². The highest BCUT2D eigenvalue weighted by molar-refractivity contribution is 7.99. The van der Waals surface area contributed by atoms with E-state index in [4.69, 9.17) is 0 Å². The first kappa shape index (κ1) is 15.8. The molecule has 5 nitrogen and oxygen atoms in total. The predicted molar refractivity (Wildman–Crippen MR) is 94.7 cm³/mol. The molecule has 1 aliphatic rings. The van der Waals surface area contributed by atoms with Crippen LogP contribution in [0.3, 0.4) is 0 Å². The Morgan fingerprint density at radius 3 is 2.78 bits per heavy atom. The maximum Gasteiger partial charge on any atom is 0.319 e. The Bertz CT molecular complexity index is 669. The topological polar surface area (TPSA) is 66.9 Å². The number of benzene rings is 1. The average molecular weight is 328 g/mol. The second-order valence-electron chi connectivity index (χ2n) is 5.61. The molecule has 2 amide bonds. The number of carbonyl (C=O) groups is 1. The minimum Gasteiger partial charge on any atom is -0.334 e. The van der Waals surface area contributed by atoms with Crippen molar-refractivity contribution in [3.05, 3.63) is 42.2 Å². The Labute approximate surface area is 140 Å². The quantitative estimate of drug-likeness (QED) is 0.905. The maximum absolute atomic E-state index is 12.0. The molecule has 1 saturated heterocycles. The van der Waals surface area contributed by atoms with Crippen molar-refractivity contribution in [3.63, 3.8) is 0 Å². The third-order valence-corrected chi connectivity index (χ3v) is 4.91. The van der Waals surface area contributed by atoms with Crippen LogP contribution in [0.1, 0.15) is 18.5 Å². The fraction of sp³-hybridized carbons (Fsp3) is 0.353. The second-order valence-corrected chi connectivity index (χ2v) is 6.76. The first-order chi connectivity index (χ1) is 11.2. The molecule has 1 fully saturated rings. The van der Waals surface area contributed by atoms with E-state index in [0.717, 1.165) is 29.1 Å². The molecule has 0 saturated carbocycles. The minimum absolute atomic E-state index is 0.142. The Kier molecular flexibility index (Phi) is 5.12. The lowest BCUT2D eigenvalue weighted by Gasteiger charge is -2.22. The van der Waals surface area contributed by atoms with E-state index in [9.17, 15) is 4.79 Å². The zero-order valence-electron chi connectivity index (χ0n) is 13.1. The van der Waals surface area contributed by atoms with Gasteiger partial charge in [0.15, 0.2) is 5.82 Å². The van der Waals surface area contributed by atoms with Gasteiger partial charge in [-0.25, -0.2) is 14.8 Å². The first-order valence-corrected chi connectivity index (χ1v) is 8.91. The van der Waals surface area contributed by atoms with Crippen LogP contribution in [0, 0.1) is 6.92 Å². The molecule has 2 N–H and O–H groups in total. The molecular formula is C17H20N4OS. The summed E-state index contributed by atoms with van der Waals surface area (Å²) in [5.74, 6) is 2.89. The molecule has 1 aliphatic heterocycles. The number of urea groups is 1. The third kappa shape index (κ3) is 4.45. The summed E-state index contributed by atoms with van der Waals surface area (Å²) >= 11 is 1.90. The monoisotopic (exact) mass is 328 g/mol. The summed E-state index contributed by atoms with van der Waals surface area (Å²) in [5.41, 5.74) is 2.63. The van der Waals surface area contributed by atoms with Crippen LogP contribution in [-0.2, 0) is 0 Å². The molecule has 0 radical (unpaired) electrons. The van der Waals surface area contributed by atoms with E-state index in [2.05, 4.69) is 20.6 Å². The van der Waals surface area contributed by atoms with Gasteiger partial charge in [0.25, 0.3) is 0 Å². The van der Waals surface area contributed by atoms with Gasteiger partial charge in [-0.1, -0.05) is 0 Å². The van der Waals surface area contributed by atoms with E-state index in [1.807, 2.05) is 49.0 Å². The predicted octanol–water partition coefficient (Wildman–Crippen LogP) is 3.47. The summed E-state index contributed by atoms with van der Waals surface area (Å²) in [7, 11) is 0. The molecule has 2 aromatic rings. The fourth-order valence-electron chi connectivity index (χ4n) is 2.50. The number of hydrogen-bond donors (Lipinski definition) is 2. The number of amides is 2. The highest BCUT2D eigenvalue weighted by atomic mass is 32.2. The average Bonchev–Trinajstić information content (AvgIpc) is 2.56. The largest absolute Gasteiger partial charge is 0.334 e. The van der Waals surface area contributed by atoms with Gasteiger partial charge < -0.3 is 10.6 Å². The van der Waals surface area contributed by atoms with Crippen molar-refractivity contribution in [1.82, 2.24) is 15.3 Å². The Morgan fingerprint density at radius 1 is 1.26 bits per heavy atom. The summed E-state index contributed by atoms with van der Waals surface area (Å²) in [6, 6.07) is 9.58. The SMILES string of the molecule is Cc1ccnc(-c2ccc(NC(=O)NC3CCCSC3)cc2)n1. The van der Waals surface area contributed by atoms with Gasteiger partial charge in [0.05, 0.1) is 0 Å². The molecule has 3 rings (SSSR count). The van der Waals surface area contributed by atoms with Crippen molar-refractivity contribution in [1.29, 1.82) is 0 Å². The highest BCUT2D eigenvalue weighted by Gasteiger charge is 2.15. The molecule has 2 heterocycles. The Morgan fingerprint density at radius 2 is 2.09 bits per heavy atom. The third-order valence-electron chi connectivity index (χ3n) is 3.69. The molecule has 120 valence electrons. The molecule has 1 aromatic carbocycles. The van der Waals surface area contributed by atoms with Crippen LogP contribution >= 0.6 is 11.8 Å². The number of rotatable bonds is 3. The van der Waals surface area contributed by atoms with E-state index >= 15 is 0 Å². The van der Waals surface area contributed by atoms with Crippen molar-refractivity contribution in [2.24, 2.45) is 0 Å².